The molecule has 0 unspecified atom stereocenters. The number of pyridine rings is 1. The van der Waals surface area contributed by atoms with Crippen molar-refractivity contribution in [2.24, 2.45) is 0 Å². The van der Waals surface area contributed by atoms with E-state index in [-0.39, 0.29) is 6.61 Å². The topological polar surface area (TPSA) is 53.4 Å². The molecule has 1 aromatic heterocycles. The third-order valence-corrected chi connectivity index (χ3v) is 6.74. The van der Waals surface area contributed by atoms with Crippen molar-refractivity contribution < 1.29 is 9.90 Å². The first-order valence-electron chi connectivity index (χ1n) is 7.47. The first kappa shape index (κ1) is 20.4. The van der Waals surface area contributed by atoms with E-state index in [1.165, 1.54) is 0 Å². The molecule has 1 heterocycles. The van der Waals surface area contributed by atoms with Crippen molar-refractivity contribution >= 4 is 39.8 Å². The number of aromatic nitrogens is 1. The van der Waals surface area contributed by atoms with Gasteiger partial charge in [-0.2, -0.15) is 0 Å². The number of rotatable bonds is 11. The van der Waals surface area contributed by atoms with Crippen LogP contribution in [0.2, 0.25) is 0 Å². The lowest BCUT2D eigenvalue weighted by atomic mass is 10.2. The van der Waals surface area contributed by atoms with Crippen molar-refractivity contribution in [3.63, 3.8) is 0 Å². The fourth-order valence-corrected chi connectivity index (χ4v) is 5.04. The minimum absolute atomic E-state index is 0.0853. The van der Waals surface area contributed by atoms with Crippen LogP contribution in [0.1, 0.15) is 32.3 Å². The minimum atomic E-state index is 0.0853. The predicted octanol–water partition coefficient (Wildman–Crippen LogP) is 4.17. The fourth-order valence-electron chi connectivity index (χ4n) is 1.89. The quantitative estimate of drug-likeness (QED) is 0.272. The van der Waals surface area contributed by atoms with Crippen molar-refractivity contribution in [2.45, 2.75) is 38.3 Å². The van der Waals surface area contributed by atoms with Crippen LogP contribution in [0.25, 0.3) is 0 Å². The molecule has 4 nitrogen and oxygen atoms in total. The molecule has 0 aliphatic rings. The number of nitrogens with zero attached hydrogens (tertiary/aromatic N) is 2. The van der Waals surface area contributed by atoms with Crippen molar-refractivity contribution in [2.75, 3.05) is 18.6 Å². The van der Waals surface area contributed by atoms with Gasteiger partial charge in [-0.05, 0) is 25.7 Å². The van der Waals surface area contributed by atoms with Crippen LogP contribution < -0.4 is 0 Å². The summed E-state index contributed by atoms with van der Waals surface area (Å²) in [6.45, 7) is 4.66. The maximum atomic E-state index is 11.6. The van der Waals surface area contributed by atoms with Crippen LogP contribution in [-0.4, -0.2) is 40.0 Å². The van der Waals surface area contributed by atoms with Crippen LogP contribution in [0.3, 0.4) is 0 Å². The summed E-state index contributed by atoms with van der Waals surface area (Å²) in [6, 6.07) is 3.88. The van der Waals surface area contributed by atoms with Gasteiger partial charge in [-0.15, -0.1) is 11.8 Å². The Hall–Kier alpha value is -0.630. The molecule has 1 amide bonds. The van der Waals surface area contributed by atoms with Gasteiger partial charge in [0.15, 0.2) is 0 Å². The van der Waals surface area contributed by atoms with Gasteiger partial charge >= 0.3 is 0 Å². The summed E-state index contributed by atoms with van der Waals surface area (Å²) in [5.74, 6) is 1.05. The third-order valence-electron chi connectivity index (χ3n) is 3.13. The number of carbonyl (C=O) groups excluding carboxylic acids is 1. The van der Waals surface area contributed by atoms with Crippen LogP contribution in [-0.2, 0) is 11.3 Å². The number of hydrogen-bond donors (Lipinski definition) is 1. The Labute approximate surface area is 150 Å². The Bertz CT molecular complexity index is 524. The van der Waals surface area contributed by atoms with E-state index in [0.29, 0.717) is 13.0 Å². The van der Waals surface area contributed by atoms with Crippen LogP contribution in [0, 0.1) is 0 Å². The zero-order valence-corrected chi connectivity index (χ0v) is 16.3. The molecule has 7 heteroatoms. The fraction of sp³-hybridized carbons (Fsp3) is 0.500. The van der Waals surface area contributed by atoms with Crippen molar-refractivity contribution in [1.29, 1.82) is 0 Å². The van der Waals surface area contributed by atoms with Gasteiger partial charge in [0.2, 0.25) is 6.41 Å². The summed E-state index contributed by atoms with van der Waals surface area (Å²) in [5.41, 5.74) is 1.93. The van der Waals surface area contributed by atoms with Crippen molar-refractivity contribution in [1.82, 2.24) is 9.88 Å². The number of hydrogen-bond acceptors (Lipinski definition) is 6. The molecule has 1 N–H and O–H groups in total. The standard InChI is InChI=1S/C16H24N2O2S3/c1-4-10-22-23-15(7-9-19)13(2)18(12-20)11-14-6-5-8-17-16(14)21-3/h5-6,8,12,19H,4,7,9-11H2,1-3H3/b15-13-. The van der Waals surface area contributed by atoms with E-state index in [1.54, 1.807) is 44.4 Å². The lowest BCUT2D eigenvalue weighted by Gasteiger charge is -2.22. The number of allylic oxidation sites excluding steroid dienone is 1. The highest BCUT2D eigenvalue weighted by Crippen LogP contribution is 2.35. The number of aliphatic hydroxyl groups is 1. The largest absolute Gasteiger partial charge is 0.396 e. The van der Waals surface area contributed by atoms with Gasteiger partial charge in [0.05, 0.1) is 6.54 Å². The van der Waals surface area contributed by atoms with E-state index in [0.717, 1.165) is 39.8 Å². The second-order valence-electron chi connectivity index (χ2n) is 4.79. The molecule has 0 radical (unpaired) electrons. The third kappa shape index (κ3) is 6.79. The highest BCUT2D eigenvalue weighted by molar-refractivity contribution is 8.78. The van der Waals surface area contributed by atoms with Crippen molar-refractivity contribution in [3.05, 3.63) is 34.5 Å². The van der Waals surface area contributed by atoms with E-state index in [4.69, 9.17) is 0 Å². The normalized spacial score (nSPS) is 12.0. The minimum Gasteiger partial charge on any atom is -0.396 e. The monoisotopic (exact) mass is 372 g/mol. The molecule has 0 atom stereocenters. The Morgan fingerprint density at radius 3 is 2.87 bits per heavy atom. The molecular weight excluding hydrogens is 348 g/mol. The number of amides is 1. The molecule has 1 aromatic rings. The second-order valence-corrected chi connectivity index (χ2v) is 8.10. The van der Waals surface area contributed by atoms with E-state index in [2.05, 4.69) is 11.9 Å². The van der Waals surface area contributed by atoms with Crippen molar-refractivity contribution in [3.8, 4) is 0 Å². The molecule has 0 saturated carbocycles. The lowest BCUT2D eigenvalue weighted by Crippen LogP contribution is -2.21. The van der Waals surface area contributed by atoms with Gasteiger partial charge in [0, 0.05) is 41.1 Å². The maximum Gasteiger partial charge on any atom is 0.214 e. The summed E-state index contributed by atoms with van der Waals surface area (Å²) in [6.07, 6.45) is 6.27. The molecule has 0 bridgehead atoms. The van der Waals surface area contributed by atoms with Crippen LogP contribution in [0.4, 0.5) is 0 Å². The highest BCUT2D eigenvalue weighted by atomic mass is 33.1. The summed E-state index contributed by atoms with van der Waals surface area (Å²) in [4.78, 5) is 18.7. The first-order chi connectivity index (χ1) is 11.2. The molecule has 0 aliphatic heterocycles. The second kappa shape index (κ2) is 11.8. The molecule has 0 aliphatic carbocycles. The Kier molecular flexibility index (Phi) is 10.5. The zero-order chi connectivity index (χ0) is 17.1. The van der Waals surface area contributed by atoms with E-state index >= 15 is 0 Å². The molecule has 0 aromatic carbocycles. The Balaban J connectivity index is 2.94. The average molecular weight is 373 g/mol. The van der Waals surface area contributed by atoms with E-state index in [9.17, 15) is 9.90 Å². The van der Waals surface area contributed by atoms with Gasteiger partial charge in [-0.3, -0.25) is 4.79 Å². The van der Waals surface area contributed by atoms with Gasteiger partial charge in [-0.1, -0.05) is 34.6 Å². The summed E-state index contributed by atoms with van der Waals surface area (Å²) in [5, 5.41) is 10.2. The smallest absolute Gasteiger partial charge is 0.214 e. The van der Waals surface area contributed by atoms with Crippen LogP contribution in [0.5, 0.6) is 0 Å². The van der Waals surface area contributed by atoms with Crippen LogP contribution >= 0.6 is 33.3 Å². The molecule has 0 spiro atoms. The number of carbonyl (C=O) groups is 1. The molecule has 23 heavy (non-hydrogen) atoms. The SMILES string of the molecule is CCCSS/C(CCO)=C(/C)N(C=O)Cc1cccnc1SC. The predicted molar refractivity (Wildman–Crippen MR) is 102 cm³/mol. The van der Waals surface area contributed by atoms with Gasteiger partial charge in [-0.25, -0.2) is 4.98 Å². The van der Waals surface area contributed by atoms with E-state index in [1.807, 2.05) is 25.3 Å². The zero-order valence-electron chi connectivity index (χ0n) is 13.8. The lowest BCUT2D eigenvalue weighted by molar-refractivity contribution is -0.117. The number of thioether (sulfide) groups is 1. The molecular formula is C16H24N2O2S3. The molecule has 0 saturated heterocycles. The van der Waals surface area contributed by atoms with Gasteiger partial charge in [0.1, 0.15) is 5.03 Å². The van der Waals surface area contributed by atoms with Crippen LogP contribution in [0.15, 0.2) is 34.0 Å². The first-order valence-corrected chi connectivity index (χ1v) is 11.0. The average Bonchev–Trinajstić information content (AvgIpc) is 2.58. The summed E-state index contributed by atoms with van der Waals surface area (Å²) >= 11 is 1.58. The summed E-state index contributed by atoms with van der Waals surface area (Å²) in [7, 11) is 3.42. The van der Waals surface area contributed by atoms with Gasteiger partial charge in [0.25, 0.3) is 0 Å². The van der Waals surface area contributed by atoms with Gasteiger partial charge < -0.3 is 10.0 Å². The maximum absolute atomic E-state index is 11.6. The molecule has 0 fully saturated rings. The molecule has 1 rings (SSSR count). The highest BCUT2D eigenvalue weighted by Gasteiger charge is 2.14. The Morgan fingerprint density at radius 1 is 1.48 bits per heavy atom. The van der Waals surface area contributed by atoms with E-state index < -0.39 is 0 Å². The summed E-state index contributed by atoms with van der Waals surface area (Å²) < 4.78 is 0. The molecule has 128 valence electrons. The number of aliphatic hydroxyl groups excluding tert-OH is 1. The Morgan fingerprint density at radius 2 is 2.26 bits per heavy atom.